The molecule has 2 aromatic rings. The van der Waals surface area contributed by atoms with Gasteiger partial charge in [0.15, 0.2) is 0 Å². The minimum atomic E-state index is -0.0225. The molecule has 2 aromatic carbocycles. The highest BCUT2D eigenvalue weighted by Crippen LogP contribution is 2.24. The molecule has 1 amide bonds. The summed E-state index contributed by atoms with van der Waals surface area (Å²) in [5, 5.41) is 6.28. The Bertz CT molecular complexity index is 809. The van der Waals surface area contributed by atoms with E-state index in [0.717, 1.165) is 37.2 Å². The highest BCUT2D eigenvalue weighted by Gasteiger charge is 2.07. The smallest absolute Gasteiger partial charge is 0.238 e. The molecule has 0 aliphatic heterocycles. The second-order valence-electron chi connectivity index (χ2n) is 10.3. The Hall–Kier alpha value is -2.33. The van der Waals surface area contributed by atoms with Gasteiger partial charge in [0.25, 0.3) is 0 Å². The molecule has 2 N–H and O–H groups in total. The normalized spacial score (nSPS) is 10.9. The third-order valence-corrected chi connectivity index (χ3v) is 6.86. The average Bonchev–Trinajstić information content (AvgIpc) is 2.92. The van der Waals surface area contributed by atoms with Crippen LogP contribution in [-0.4, -0.2) is 25.6 Å². The van der Waals surface area contributed by atoms with Gasteiger partial charge in [-0.05, 0) is 43.5 Å². The predicted molar refractivity (Wildman–Crippen MR) is 159 cm³/mol. The Labute approximate surface area is 227 Å². The van der Waals surface area contributed by atoms with Crippen LogP contribution in [-0.2, 0) is 11.2 Å². The lowest BCUT2D eigenvalue weighted by atomic mass is 10.0. The molecule has 37 heavy (non-hydrogen) atoms. The van der Waals surface area contributed by atoms with Gasteiger partial charge in [0.05, 0.1) is 18.8 Å². The summed E-state index contributed by atoms with van der Waals surface area (Å²) >= 11 is 0. The molecular weight excluding hydrogens is 456 g/mol. The number of aryl methyl sites for hydroxylation is 1. The van der Waals surface area contributed by atoms with Gasteiger partial charge in [0.2, 0.25) is 5.91 Å². The lowest BCUT2D eigenvalue weighted by Crippen LogP contribution is -2.28. The van der Waals surface area contributed by atoms with E-state index in [4.69, 9.17) is 4.74 Å². The van der Waals surface area contributed by atoms with Gasteiger partial charge in [-0.15, -0.1) is 0 Å². The first kappa shape index (κ1) is 30.9. The van der Waals surface area contributed by atoms with Crippen LogP contribution in [0.25, 0.3) is 0 Å². The van der Waals surface area contributed by atoms with Gasteiger partial charge in [-0.25, -0.2) is 0 Å². The Morgan fingerprint density at radius 3 is 1.89 bits per heavy atom. The number of benzene rings is 2. The Kier molecular flexibility index (Phi) is 18.1. The van der Waals surface area contributed by atoms with Crippen LogP contribution in [0.3, 0.4) is 0 Å². The fourth-order valence-electron chi connectivity index (χ4n) is 4.64. The standard InChI is InChI=1S/C33H52N2O2/c1-2-3-4-5-6-7-8-9-10-11-12-13-14-20-27-34-29-33(36)35-31-25-18-19-26-32(31)37-28-21-24-30-22-16-15-17-23-30/h15-19,22-23,25-26,34H,2-14,20-21,24,27-29H2,1H3,(H,35,36). The molecule has 0 aromatic heterocycles. The van der Waals surface area contributed by atoms with Crippen molar-refractivity contribution in [3.8, 4) is 5.75 Å². The van der Waals surface area contributed by atoms with E-state index >= 15 is 0 Å². The number of amides is 1. The maximum Gasteiger partial charge on any atom is 0.238 e. The Morgan fingerprint density at radius 1 is 0.676 bits per heavy atom. The Balaban J connectivity index is 1.43. The second-order valence-corrected chi connectivity index (χ2v) is 10.3. The van der Waals surface area contributed by atoms with Crippen LogP contribution in [0, 0.1) is 0 Å². The molecule has 0 saturated heterocycles. The highest BCUT2D eigenvalue weighted by molar-refractivity contribution is 5.93. The van der Waals surface area contributed by atoms with Gasteiger partial charge >= 0.3 is 0 Å². The van der Waals surface area contributed by atoms with E-state index in [1.807, 2.05) is 30.3 Å². The zero-order valence-electron chi connectivity index (χ0n) is 23.4. The maximum absolute atomic E-state index is 12.4. The molecule has 4 nitrogen and oxygen atoms in total. The minimum absolute atomic E-state index is 0.0225. The fourth-order valence-corrected chi connectivity index (χ4v) is 4.64. The fraction of sp³-hybridized carbons (Fsp3) is 0.606. The topological polar surface area (TPSA) is 50.4 Å². The van der Waals surface area contributed by atoms with Gasteiger partial charge in [-0.2, -0.15) is 0 Å². The summed E-state index contributed by atoms with van der Waals surface area (Å²) in [6.07, 6.45) is 21.0. The van der Waals surface area contributed by atoms with Crippen LogP contribution >= 0.6 is 0 Å². The van der Waals surface area contributed by atoms with Crippen LogP contribution in [0.5, 0.6) is 5.75 Å². The van der Waals surface area contributed by atoms with Crippen molar-refractivity contribution in [1.82, 2.24) is 5.32 Å². The van der Waals surface area contributed by atoms with E-state index in [2.05, 4.69) is 41.8 Å². The van der Waals surface area contributed by atoms with Crippen molar-refractivity contribution in [1.29, 1.82) is 0 Å². The molecule has 0 spiro atoms. The summed E-state index contributed by atoms with van der Waals surface area (Å²) in [6, 6.07) is 18.1. The lowest BCUT2D eigenvalue weighted by molar-refractivity contribution is -0.115. The first-order valence-electron chi connectivity index (χ1n) is 15.1. The summed E-state index contributed by atoms with van der Waals surface area (Å²) in [7, 11) is 0. The monoisotopic (exact) mass is 508 g/mol. The average molecular weight is 509 g/mol. The zero-order chi connectivity index (χ0) is 26.2. The summed E-state index contributed by atoms with van der Waals surface area (Å²) in [4.78, 5) is 12.4. The predicted octanol–water partition coefficient (Wildman–Crippen LogP) is 8.71. The quantitative estimate of drug-likeness (QED) is 0.148. The van der Waals surface area contributed by atoms with Crippen molar-refractivity contribution in [2.45, 2.75) is 110 Å². The SMILES string of the molecule is CCCCCCCCCCCCCCCCNCC(=O)Nc1ccccc1OCCCc1ccccc1. The molecule has 0 atom stereocenters. The van der Waals surface area contributed by atoms with Crippen molar-refractivity contribution in [2.24, 2.45) is 0 Å². The first-order chi connectivity index (χ1) is 18.3. The lowest BCUT2D eigenvalue weighted by Gasteiger charge is -2.13. The third-order valence-electron chi connectivity index (χ3n) is 6.86. The number of nitrogens with one attached hydrogen (secondary N) is 2. The van der Waals surface area contributed by atoms with Crippen LogP contribution in [0.1, 0.15) is 109 Å². The summed E-state index contributed by atoms with van der Waals surface area (Å²) in [5.41, 5.74) is 2.06. The number of ether oxygens (including phenoxy) is 1. The Morgan fingerprint density at radius 2 is 1.24 bits per heavy atom. The summed E-state index contributed by atoms with van der Waals surface area (Å²) in [6.45, 7) is 4.13. The van der Waals surface area contributed by atoms with Crippen molar-refractivity contribution in [3.63, 3.8) is 0 Å². The molecule has 0 bridgehead atoms. The molecule has 0 heterocycles. The number of anilines is 1. The molecule has 2 rings (SSSR count). The van der Waals surface area contributed by atoms with Gasteiger partial charge in [-0.1, -0.05) is 133 Å². The third kappa shape index (κ3) is 16.2. The highest BCUT2D eigenvalue weighted by atomic mass is 16.5. The number of unbranched alkanes of at least 4 members (excludes halogenated alkanes) is 13. The van der Waals surface area contributed by atoms with Crippen molar-refractivity contribution < 1.29 is 9.53 Å². The van der Waals surface area contributed by atoms with E-state index < -0.39 is 0 Å². The summed E-state index contributed by atoms with van der Waals surface area (Å²) in [5.74, 6) is 0.710. The van der Waals surface area contributed by atoms with Crippen molar-refractivity contribution in [3.05, 3.63) is 60.2 Å². The molecule has 0 aliphatic rings. The van der Waals surface area contributed by atoms with E-state index in [1.54, 1.807) is 0 Å². The molecule has 0 unspecified atom stereocenters. The number of carbonyl (C=O) groups excluding carboxylic acids is 1. The maximum atomic E-state index is 12.4. The summed E-state index contributed by atoms with van der Waals surface area (Å²) < 4.78 is 5.96. The minimum Gasteiger partial charge on any atom is -0.491 e. The molecule has 0 saturated carbocycles. The van der Waals surface area contributed by atoms with Crippen LogP contribution in [0.15, 0.2) is 54.6 Å². The van der Waals surface area contributed by atoms with Crippen LogP contribution in [0.2, 0.25) is 0 Å². The molecule has 0 fully saturated rings. The molecule has 0 aliphatic carbocycles. The number of para-hydroxylation sites is 2. The van der Waals surface area contributed by atoms with Crippen LogP contribution < -0.4 is 15.4 Å². The number of hydrogen-bond acceptors (Lipinski definition) is 3. The molecule has 206 valence electrons. The first-order valence-corrected chi connectivity index (χ1v) is 15.1. The van der Waals surface area contributed by atoms with Gasteiger partial charge in [0, 0.05) is 0 Å². The molecular formula is C33H52N2O2. The van der Waals surface area contributed by atoms with Gasteiger partial charge < -0.3 is 15.4 Å². The van der Waals surface area contributed by atoms with Crippen LogP contribution in [0.4, 0.5) is 5.69 Å². The number of hydrogen-bond donors (Lipinski definition) is 2. The van der Waals surface area contributed by atoms with E-state index in [-0.39, 0.29) is 5.91 Å². The van der Waals surface area contributed by atoms with Gasteiger partial charge in [-0.3, -0.25) is 4.79 Å². The van der Waals surface area contributed by atoms with Gasteiger partial charge in [0.1, 0.15) is 5.75 Å². The van der Waals surface area contributed by atoms with Crippen molar-refractivity contribution >= 4 is 11.6 Å². The number of rotatable bonds is 23. The van der Waals surface area contributed by atoms with E-state index in [1.165, 1.54) is 89.0 Å². The second kappa shape index (κ2) is 21.7. The van der Waals surface area contributed by atoms with Crippen molar-refractivity contribution in [2.75, 3.05) is 25.0 Å². The zero-order valence-corrected chi connectivity index (χ0v) is 23.4. The largest absolute Gasteiger partial charge is 0.491 e. The molecule has 4 heteroatoms. The molecule has 0 radical (unpaired) electrons. The number of carbonyl (C=O) groups is 1. The van der Waals surface area contributed by atoms with E-state index in [0.29, 0.717) is 13.2 Å². The van der Waals surface area contributed by atoms with E-state index in [9.17, 15) is 4.79 Å².